The van der Waals surface area contributed by atoms with Crippen molar-refractivity contribution < 1.29 is 14.3 Å². The molecule has 2 N–H and O–H groups in total. The second-order valence-electron chi connectivity index (χ2n) is 6.72. The number of hydrogen-bond donors (Lipinski definition) is 2. The highest BCUT2D eigenvalue weighted by Crippen LogP contribution is 2.28. The summed E-state index contributed by atoms with van der Waals surface area (Å²) in [6, 6.07) is 12.8. The largest absolute Gasteiger partial charge is 0.469 e. The Bertz CT molecular complexity index is 1120. The van der Waals surface area contributed by atoms with E-state index in [1.807, 2.05) is 24.3 Å². The molecule has 0 bridgehead atoms. The summed E-state index contributed by atoms with van der Waals surface area (Å²) in [5, 5.41) is 15.6. The normalized spacial score (nSPS) is 10.2. The van der Waals surface area contributed by atoms with E-state index in [0.29, 0.717) is 46.2 Å². The fourth-order valence-corrected chi connectivity index (χ4v) is 3.70. The maximum Gasteiger partial charge on any atom is 0.305 e. The van der Waals surface area contributed by atoms with E-state index >= 15 is 0 Å². The van der Waals surface area contributed by atoms with Gasteiger partial charge in [-0.05, 0) is 61.1 Å². The molecule has 3 aromatic rings. The number of esters is 1. The number of aromatic nitrogens is 2. The molecule has 1 aromatic carbocycles. The molecular formula is C22H21N5O3S. The Morgan fingerprint density at radius 2 is 2.00 bits per heavy atom. The van der Waals surface area contributed by atoms with Crippen LogP contribution in [-0.2, 0) is 16.0 Å². The van der Waals surface area contributed by atoms with E-state index in [2.05, 4.69) is 30.8 Å². The van der Waals surface area contributed by atoms with E-state index in [-0.39, 0.29) is 11.9 Å². The van der Waals surface area contributed by atoms with Gasteiger partial charge in [0.15, 0.2) is 0 Å². The Morgan fingerprint density at radius 3 is 2.71 bits per heavy atom. The average Bonchev–Trinajstić information content (AvgIpc) is 3.14. The summed E-state index contributed by atoms with van der Waals surface area (Å²) >= 11 is 1.16. The van der Waals surface area contributed by atoms with E-state index in [1.165, 1.54) is 13.3 Å². The first-order chi connectivity index (χ1) is 15.0. The summed E-state index contributed by atoms with van der Waals surface area (Å²) in [6.07, 6.45) is 3.36. The minimum Gasteiger partial charge on any atom is -0.469 e. The molecule has 3 rings (SSSR count). The molecule has 2 heterocycles. The Hall–Kier alpha value is -3.77. The zero-order valence-electron chi connectivity index (χ0n) is 17.1. The number of pyridine rings is 1. The molecule has 0 unspecified atom stereocenters. The topological polar surface area (TPSA) is 117 Å². The molecule has 8 nitrogen and oxygen atoms in total. The number of anilines is 3. The van der Waals surface area contributed by atoms with Gasteiger partial charge in [0, 0.05) is 18.3 Å². The summed E-state index contributed by atoms with van der Waals surface area (Å²) in [7, 11) is 1.38. The molecule has 0 aliphatic heterocycles. The average molecular weight is 436 g/mol. The van der Waals surface area contributed by atoms with Crippen LogP contribution in [0.5, 0.6) is 0 Å². The van der Waals surface area contributed by atoms with E-state index in [1.54, 1.807) is 19.1 Å². The van der Waals surface area contributed by atoms with E-state index in [4.69, 9.17) is 5.26 Å². The summed E-state index contributed by atoms with van der Waals surface area (Å²) in [4.78, 5) is 28.3. The van der Waals surface area contributed by atoms with Gasteiger partial charge in [-0.2, -0.15) is 9.64 Å². The van der Waals surface area contributed by atoms with Gasteiger partial charge in [0.2, 0.25) is 0 Å². The predicted molar refractivity (Wildman–Crippen MR) is 118 cm³/mol. The molecule has 2 aromatic heterocycles. The second-order valence-corrected chi connectivity index (χ2v) is 7.49. The number of benzene rings is 1. The third-order valence-electron chi connectivity index (χ3n) is 4.51. The molecule has 0 saturated heterocycles. The molecule has 0 radical (unpaired) electrons. The fourth-order valence-electron chi connectivity index (χ4n) is 2.89. The van der Waals surface area contributed by atoms with Crippen LogP contribution in [-0.4, -0.2) is 28.3 Å². The minimum absolute atomic E-state index is 0.220. The van der Waals surface area contributed by atoms with Crippen molar-refractivity contribution in [1.29, 1.82) is 5.26 Å². The SMILES string of the molecule is COC(=O)CCCc1ccc(NC(=O)c2c(C)nsc2Nc2cc(C#N)ccn2)cc1. The Balaban J connectivity index is 1.66. The lowest BCUT2D eigenvalue weighted by Crippen LogP contribution is -2.14. The second kappa shape index (κ2) is 10.3. The summed E-state index contributed by atoms with van der Waals surface area (Å²) in [5.74, 6) is -0.0423. The quantitative estimate of drug-likeness (QED) is 0.509. The number of methoxy groups -OCH3 is 1. The van der Waals surface area contributed by atoms with Crippen molar-refractivity contribution in [2.45, 2.75) is 26.2 Å². The molecule has 0 fully saturated rings. The Kier molecular flexibility index (Phi) is 7.30. The first-order valence-corrected chi connectivity index (χ1v) is 10.3. The van der Waals surface area contributed by atoms with Crippen LogP contribution in [0.4, 0.5) is 16.5 Å². The third-order valence-corrected chi connectivity index (χ3v) is 5.36. The number of nitriles is 1. The van der Waals surface area contributed by atoms with Crippen molar-refractivity contribution in [3.63, 3.8) is 0 Å². The molecule has 158 valence electrons. The molecule has 0 aliphatic rings. The maximum absolute atomic E-state index is 12.9. The zero-order valence-corrected chi connectivity index (χ0v) is 18.0. The number of carbonyl (C=O) groups is 2. The summed E-state index contributed by atoms with van der Waals surface area (Å²) in [5.41, 5.74) is 3.22. The zero-order chi connectivity index (χ0) is 22.2. The van der Waals surface area contributed by atoms with Crippen molar-refractivity contribution in [3.05, 3.63) is 65.0 Å². The van der Waals surface area contributed by atoms with Crippen LogP contribution in [0.3, 0.4) is 0 Å². The Morgan fingerprint density at radius 1 is 1.23 bits per heavy atom. The van der Waals surface area contributed by atoms with Crippen LogP contribution in [0.25, 0.3) is 0 Å². The fraction of sp³-hybridized carbons (Fsp3) is 0.227. The number of rotatable bonds is 8. The van der Waals surface area contributed by atoms with Gasteiger partial charge in [-0.15, -0.1) is 0 Å². The predicted octanol–water partition coefficient (Wildman–Crippen LogP) is 4.21. The third kappa shape index (κ3) is 5.87. The lowest BCUT2D eigenvalue weighted by molar-refractivity contribution is -0.140. The van der Waals surface area contributed by atoms with Gasteiger partial charge in [-0.25, -0.2) is 4.98 Å². The van der Waals surface area contributed by atoms with Gasteiger partial charge in [-0.3, -0.25) is 9.59 Å². The summed E-state index contributed by atoms with van der Waals surface area (Å²) in [6.45, 7) is 1.76. The van der Waals surface area contributed by atoms with E-state index < -0.39 is 0 Å². The van der Waals surface area contributed by atoms with Crippen LogP contribution < -0.4 is 10.6 Å². The number of nitrogens with one attached hydrogen (secondary N) is 2. The number of amides is 1. The molecule has 0 saturated carbocycles. The standard InChI is InChI=1S/C22H21N5O3S/c1-14-20(22(31-27-14)26-18-12-16(13-23)10-11-24-18)21(29)25-17-8-6-15(7-9-17)4-3-5-19(28)30-2/h6-12H,3-5H2,1-2H3,(H,24,26)(H,25,29). The number of carbonyl (C=O) groups excluding carboxylic acids is 2. The molecule has 31 heavy (non-hydrogen) atoms. The molecular weight excluding hydrogens is 414 g/mol. The molecule has 0 aliphatic carbocycles. The van der Waals surface area contributed by atoms with Crippen LogP contribution in [0.15, 0.2) is 42.6 Å². The number of ether oxygens (including phenoxy) is 1. The van der Waals surface area contributed by atoms with Crippen molar-refractivity contribution in [1.82, 2.24) is 9.36 Å². The first-order valence-electron chi connectivity index (χ1n) is 9.56. The van der Waals surface area contributed by atoms with Crippen molar-refractivity contribution in [3.8, 4) is 6.07 Å². The van der Waals surface area contributed by atoms with E-state index in [9.17, 15) is 9.59 Å². The lowest BCUT2D eigenvalue weighted by Gasteiger charge is -2.09. The smallest absolute Gasteiger partial charge is 0.305 e. The van der Waals surface area contributed by atoms with Gasteiger partial charge >= 0.3 is 5.97 Å². The highest BCUT2D eigenvalue weighted by atomic mass is 32.1. The number of aryl methyl sites for hydroxylation is 2. The van der Waals surface area contributed by atoms with Gasteiger partial charge in [0.1, 0.15) is 10.8 Å². The monoisotopic (exact) mass is 435 g/mol. The van der Waals surface area contributed by atoms with Crippen molar-refractivity contribution >= 4 is 39.9 Å². The maximum atomic E-state index is 12.9. The first kappa shape index (κ1) is 21.9. The Labute approximate surface area is 184 Å². The number of hydrogen-bond acceptors (Lipinski definition) is 8. The van der Waals surface area contributed by atoms with Crippen LogP contribution >= 0.6 is 11.5 Å². The molecule has 0 atom stereocenters. The minimum atomic E-state index is -0.288. The van der Waals surface area contributed by atoms with Crippen LogP contribution in [0, 0.1) is 18.3 Å². The lowest BCUT2D eigenvalue weighted by atomic mass is 10.1. The van der Waals surface area contributed by atoms with Crippen LogP contribution in [0.1, 0.15) is 40.0 Å². The van der Waals surface area contributed by atoms with Gasteiger partial charge in [-0.1, -0.05) is 12.1 Å². The van der Waals surface area contributed by atoms with Gasteiger partial charge in [0.25, 0.3) is 5.91 Å². The van der Waals surface area contributed by atoms with E-state index in [0.717, 1.165) is 23.5 Å². The molecule has 9 heteroatoms. The van der Waals surface area contributed by atoms with Crippen LogP contribution in [0.2, 0.25) is 0 Å². The van der Waals surface area contributed by atoms with Gasteiger partial charge < -0.3 is 15.4 Å². The highest BCUT2D eigenvalue weighted by molar-refractivity contribution is 7.10. The van der Waals surface area contributed by atoms with Crippen molar-refractivity contribution in [2.24, 2.45) is 0 Å². The highest BCUT2D eigenvalue weighted by Gasteiger charge is 2.19. The number of nitrogens with zero attached hydrogens (tertiary/aromatic N) is 3. The molecule has 0 spiro atoms. The molecule has 1 amide bonds. The van der Waals surface area contributed by atoms with Crippen molar-refractivity contribution in [2.75, 3.05) is 17.7 Å². The summed E-state index contributed by atoms with van der Waals surface area (Å²) < 4.78 is 8.92. The van der Waals surface area contributed by atoms with Gasteiger partial charge in [0.05, 0.1) is 30.0 Å².